The van der Waals surface area contributed by atoms with Gasteiger partial charge in [-0.15, -0.1) is 0 Å². The van der Waals surface area contributed by atoms with Crippen LogP contribution in [-0.2, 0) is 19.7 Å². The van der Waals surface area contributed by atoms with E-state index >= 15 is 0 Å². The molecule has 0 fully saturated rings. The monoisotopic (exact) mass is 264 g/mol. The zero-order chi connectivity index (χ0) is 13.0. The molecule has 92 valence electrons. The smallest absolute Gasteiger partial charge is 0.175 e. The van der Waals surface area contributed by atoms with Crippen molar-refractivity contribution in [3.8, 4) is 0 Å². The van der Waals surface area contributed by atoms with Gasteiger partial charge in [-0.25, -0.2) is 16.8 Å². The molecule has 0 aliphatic rings. The molecule has 0 amide bonds. The molecule has 0 heterocycles. The minimum Gasteiger partial charge on any atom is -0.229 e. The number of hydrogen-bond donors (Lipinski definition) is 0. The molecule has 0 atom stereocenters. The number of hydrogen-bond acceptors (Lipinski definition) is 4. The molecule has 0 saturated heterocycles. The first-order valence-electron chi connectivity index (χ1n) is 4.42. The van der Waals surface area contributed by atoms with E-state index in [0.29, 0.717) is 4.90 Å². The number of rotatable bonds is 1. The SMILES string of the molecule is CS(C)(=O)=O.Cc1ccc(S(C)(=O)=O)cc1. The van der Waals surface area contributed by atoms with Gasteiger partial charge in [-0.05, 0) is 19.1 Å². The van der Waals surface area contributed by atoms with E-state index < -0.39 is 19.7 Å². The summed E-state index contributed by atoms with van der Waals surface area (Å²) in [6, 6.07) is 6.81. The third kappa shape index (κ3) is 8.43. The Labute approximate surface area is 97.1 Å². The molecule has 0 spiro atoms. The second-order valence-corrected chi connectivity index (χ2v) is 8.03. The molecule has 0 aromatic heterocycles. The molecule has 1 aromatic carbocycles. The van der Waals surface area contributed by atoms with Gasteiger partial charge in [-0.3, -0.25) is 0 Å². The van der Waals surface area contributed by atoms with Crippen molar-refractivity contribution in [2.24, 2.45) is 0 Å². The Morgan fingerprint density at radius 2 is 1.12 bits per heavy atom. The van der Waals surface area contributed by atoms with Gasteiger partial charge in [0.1, 0.15) is 9.84 Å². The first kappa shape index (κ1) is 15.1. The second-order valence-electron chi connectivity index (χ2n) is 3.73. The maximum Gasteiger partial charge on any atom is 0.175 e. The lowest BCUT2D eigenvalue weighted by molar-refractivity contribution is 0.601. The lowest BCUT2D eigenvalue weighted by Crippen LogP contribution is -1.95. The molecule has 0 radical (unpaired) electrons. The molecule has 1 aromatic rings. The van der Waals surface area contributed by atoms with Gasteiger partial charge in [0.2, 0.25) is 0 Å². The van der Waals surface area contributed by atoms with E-state index in [9.17, 15) is 16.8 Å². The Hall–Kier alpha value is -0.880. The maximum absolute atomic E-state index is 10.9. The topological polar surface area (TPSA) is 68.3 Å². The standard InChI is InChI=1S/C8H10O2S.C2H6O2S/c1-7-3-5-8(6-4-7)11(2,9)10;1-5(2,3)4/h3-6H,1-2H3;1-2H3. The van der Waals surface area contributed by atoms with E-state index in [0.717, 1.165) is 18.1 Å². The summed E-state index contributed by atoms with van der Waals surface area (Å²) in [7, 11) is -5.69. The third-order valence-electron chi connectivity index (χ3n) is 1.45. The van der Waals surface area contributed by atoms with E-state index in [1.807, 2.05) is 6.92 Å². The summed E-state index contributed by atoms with van der Waals surface area (Å²) in [4.78, 5) is 0.378. The summed E-state index contributed by atoms with van der Waals surface area (Å²) < 4.78 is 41.2. The van der Waals surface area contributed by atoms with Gasteiger partial charge in [0.05, 0.1) is 4.90 Å². The van der Waals surface area contributed by atoms with Crippen LogP contribution in [0.5, 0.6) is 0 Å². The van der Waals surface area contributed by atoms with Crippen molar-refractivity contribution >= 4 is 19.7 Å². The Bertz CT molecular complexity index is 517. The first-order valence-corrected chi connectivity index (χ1v) is 8.61. The van der Waals surface area contributed by atoms with Gasteiger partial charge >= 0.3 is 0 Å². The Morgan fingerprint density at radius 3 is 1.38 bits per heavy atom. The number of sulfone groups is 2. The van der Waals surface area contributed by atoms with Gasteiger partial charge in [-0.1, -0.05) is 17.7 Å². The van der Waals surface area contributed by atoms with E-state index in [-0.39, 0.29) is 0 Å². The van der Waals surface area contributed by atoms with Crippen molar-refractivity contribution in [2.45, 2.75) is 11.8 Å². The number of aryl methyl sites for hydroxylation is 1. The Morgan fingerprint density at radius 1 is 0.812 bits per heavy atom. The fraction of sp³-hybridized carbons (Fsp3) is 0.400. The van der Waals surface area contributed by atoms with Crippen molar-refractivity contribution < 1.29 is 16.8 Å². The van der Waals surface area contributed by atoms with Crippen LogP contribution in [0, 0.1) is 6.92 Å². The van der Waals surface area contributed by atoms with Gasteiger partial charge in [0.15, 0.2) is 9.84 Å². The Kier molecular flexibility index (Phi) is 5.15. The minimum atomic E-state index is -3.02. The Balaban J connectivity index is 0.000000385. The largest absolute Gasteiger partial charge is 0.229 e. The first-order chi connectivity index (χ1) is 7.00. The summed E-state index contributed by atoms with van der Waals surface area (Å²) in [6.07, 6.45) is 3.53. The molecule has 16 heavy (non-hydrogen) atoms. The van der Waals surface area contributed by atoms with Crippen molar-refractivity contribution in [1.82, 2.24) is 0 Å². The van der Waals surface area contributed by atoms with Crippen LogP contribution in [0.15, 0.2) is 29.2 Å². The van der Waals surface area contributed by atoms with Crippen molar-refractivity contribution in [1.29, 1.82) is 0 Å². The van der Waals surface area contributed by atoms with E-state index in [4.69, 9.17) is 0 Å². The van der Waals surface area contributed by atoms with Crippen LogP contribution >= 0.6 is 0 Å². The normalized spacial score (nSPS) is 11.5. The summed E-state index contributed by atoms with van der Waals surface area (Å²) in [5, 5.41) is 0. The van der Waals surface area contributed by atoms with Crippen molar-refractivity contribution in [2.75, 3.05) is 18.8 Å². The van der Waals surface area contributed by atoms with Crippen molar-refractivity contribution in [3.05, 3.63) is 29.8 Å². The third-order valence-corrected chi connectivity index (χ3v) is 2.58. The summed E-state index contributed by atoms with van der Waals surface area (Å²) in [6.45, 7) is 1.92. The molecule has 0 aliphatic carbocycles. The zero-order valence-electron chi connectivity index (χ0n) is 9.76. The molecule has 0 bridgehead atoms. The molecule has 6 heteroatoms. The highest BCUT2D eigenvalue weighted by Gasteiger charge is 2.04. The molecular formula is C10H16O4S2. The fourth-order valence-electron chi connectivity index (χ4n) is 0.785. The number of benzene rings is 1. The molecular weight excluding hydrogens is 248 g/mol. The molecule has 4 nitrogen and oxygen atoms in total. The van der Waals surface area contributed by atoms with E-state index in [1.165, 1.54) is 6.26 Å². The predicted octanol–water partition coefficient (Wildman–Crippen LogP) is 1.06. The minimum absolute atomic E-state index is 0.378. The van der Waals surface area contributed by atoms with Crippen LogP contribution in [0.2, 0.25) is 0 Å². The zero-order valence-corrected chi connectivity index (χ0v) is 11.4. The average Bonchev–Trinajstić information content (AvgIpc) is 1.99. The molecule has 1 rings (SSSR count). The predicted molar refractivity (Wildman–Crippen MR) is 65.1 cm³/mol. The van der Waals surface area contributed by atoms with Crippen LogP contribution < -0.4 is 0 Å². The molecule has 0 unspecified atom stereocenters. The summed E-state index contributed by atoms with van der Waals surface area (Å²) in [5.74, 6) is 0. The summed E-state index contributed by atoms with van der Waals surface area (Å²) >= 11 is 0. The van der Waals surface area contributed by atoms with Crippen LogP contribution in [-0.4, -0.2) is 35.6 Å². The average molecular weight is 264 g/mol. The highest BCUT2D eigenvalue weighted by molar-refractivity contribution is 7.90. The van der Waals surface area contributed by atoms with E-state index in [2.05, 4.69) is 0 Å². The van der Waals surface area contributed by atoms with Gasteiger partial charge in [-0.2, -0.15) is 0 Å². The maximum atomic E-state index is 10.9. The highest BCUT2D eigenvalue weighted by atomic mass is 32.2. The summed E-state index contributed by atoms with van der Waals surface area (Å²) in [5.41, 5.74) is 1.07. The van der Waals surface area contributed by atoms with Gasteiger partial charge in [0, 0.05) is 18.8 Å². The van der Waals surface area contributed by atoms with Crippen LogP contribution in [0.4, 0.5) is 0 Å². The van der Waals surface area contributed by atoms with Crippen LogP contribution in [0.3, 0.4) is 0 Å². The molecule has 0 N–H and O–H groups in total. The van der Waals surface area contributed by atoms with E-state index in [1.54, 1.807) is 24.3 Å². The second kappa shape index (κ2) is 5.45. The fourth-order valence-corrected chi connectivity index (χ4v) is 1.42. The van der Waals surface area contributed by atoms with Crippen LogP contribution in [0.1, 0.15) is 5.56 Å². The van der Waals surface area contributed by atoms with Gasteiger partial charge in [0.25, 0.3) is 0 Å². The highest BCUT2D eigenvalue weighted by Crippen LogP contribution is 2.08. The molecule has 0 aliphatic heterocycles. The van der Waals surface area contributed by atoms with Gasteiger partial charge < -0.3 is 0 Å². The lowest BCUT2D eigenvalue weighted by Gasteiger charge is -1.96. The molecule has 0 saturated carbocycles. The van der Waals surface area contributed by atoms with Crippen molar-refractivity contribution in [3.63, 3.8) is 0 Å². The lowest BCUT2D eigenvalue weighted by atomic mass is 10.2. The quantitative estimate of drug-likeness (QED) is 0.760. The van der Waals surface area contributed by atoms with Crippen LogP contribution in [0.25, 0.3) is 0 Å².